The average molecular weight is 238 g/mol. The topological polar surface area (TPSA) is 64.3 Å². The van der Waals surface area contributed by atoms with Crippen molar-refractivity contribution in [3.05, 3.63) is 24.8 Å². The Morgan fingerprint density at radius 3 is 3.18 bits per heavy atom. The van der Waals surface area contributed by atoms with Gasteiger partial charge in [0.15, 0.2) is 0 Å². The number of rotatable bonds is 7. The molecule has 0 aromatic heterocycles. The molecule has 0 spiro atoms. The van der Waals surface area contributed by atoms with Gasteiger partial charge < -0.3 is 15.8 Å². The highest BCUT2D eigenvalue weighted by atomic mass is 16.5. The van der Waals surface area contributed by atoms with Gasteiger partial charge in [0.25, 0.3) is 0 Å². The molecule has 0 heterocycles. The monoisotopic (exact) mass is 238 g/mol. The number of hydrogen-bond donors (Lipinski definition) is 2. The van der Waals surface area contributed by atoms with E-state index in [0.29, 0.717) is 31.5 Å². The number of carbonyl (C=O) groups is 1. The molecule has 0 aromatic rings. The molecule has 96 valence electrons. The fraction of sp³-hybridized carbons (Fsp3) is 0.615. The van der Waals surface area contributed by atoms with Crippen molar-refractivity contribution in [2.45, 2.75) is 12.8 Å². The lowest BCUT2D eigenvalue weighted by Crippen LogP contribution is -2.34. The van der Waals surface area contributed by atoms with Crippen LogP contribution < -0.4 is 11.1 Å². The second-order valence-electron chi connectivity index (χ2n) is 4.24. The van der Waals surface area contributed by atoms with Crippen LogP contribution in [0.1, 0.15) is 12.8 Å². The predicted octanol–water partition coefficient (Wildman–Crippen LogP) is 0.846. The van der Waals surface area contributed by atoms with E-state index in [1.54, 1.807) is 0 Å². The van der Waals surface area contributed by atoms with Crippen LogP contribution in [0.2, 0.25) is 0 Å². The van der Waals surface area contributed by atoms with Gasteiger partial charge in [-0.15, -0.1) is 0 Å². The highest BCUT2D eigenvalue weighted by Crippen LogP contribution is 2.22. The van der Waals surface area contributed by atoms with Gasteiger partial charge in [0, 0.05) is 12.6 Å². The first kappa shape index (κ1) is 13.9. The molecule has 1 aliphatic rings. The highest BCUT2D eigenvalue weighted by Gasteiger charge is 2.19. The van der Waals surface area contributed by atoms with E-state index in [1.165, 1.54) is 12.5 Å². The molecule has 0 saturated carbocycles. The van der Waals surface area contributed by atoms with E-state index in [9.17, 15) is 4.79 Å². The summed E-state index contributed by atoms with van der Waals surface area (Å²) >= 11 is 0. The van der Waals surface area contributed by atoms with Crippen LogP contribution in [0, 0.1) is 11.8 Å². The Kier molecular flexibility index (Phi) is 6.58. The first-order valence-corrected chi connectivity index (χ1v) is 6.14. The molecule has 1 aliphatic carbocycles. The largest absolute Gasteiger partial charge is 0.461 e. The lowest BCUT2D eigenvalue weighted by atomic mass is 9.84. The van der Waals surface area contributed by atoms with Gasteiger partial charge in [-0.2, -0.15) is 0 Å². The summed E-state index contributed by atoms with van der Waals surface area (Å²) < 4.78 is 4.88. The number of ether oxygens (including phenoxy) is 1. The van der Waals surface area contributed by atoms with Gasteiger partial charge in [0.2, 0.25) is 0 Å². The van der Waals surface area contributed by atoms with Gasteiger partial charge in [0.05, 0.1) is 0 Å². The van der Waals surface area contributed by atoms with Crippen LogP contribution in [0.4, 0.5) is 0 Å². The molecule has 0 saturated heterocycles. The second kappa shape index (κ2) is 8.03. The molecule has 0 amide bonds. The van der Waals surface area contributed by atoms with E-state index < -0.39 is 0 Å². The molecule has 0 aromatic carbocycles. The van der Waals surface area contributed by atoms with Crippen LogP contribution in [-0.2, 0) is 9.53 Å². The third-order valence-electron chi connectivity index (χ3n) is 3.06. The Morgan fingerprint density at radius 1 is 1.65 bits per heavy atom. The summed E-state index contributed by atoms with van der Waals surface area (Å²) in [6, 6.07) is 0. The van der Waals surface area contributed by atoms with Crippen molar-refractivity contribution < 1.29 is 9.53 Å². The third-order valence-corrected chi connectivity index (χ3v) is 3.06. The number of nitrogens with one attached hydrogen (secondary N) is 1. The molecule has 17 heavy (non-hydrogen) atoms. The molecule has 0 fully saturated rings. The Labute approximate surface area is 103 Å². The van der Waals surface area contributed by atoms with Crippen molar-refractivity contribution in [1.82, 2.24) is 5.32 Å². The Bertz CT molecular complexity index is 277. The quantitative estimate of drug-likeness (QED) is 0.299. The van der Waals surface area contributed by atoms with Crippen molar-refractivity contribution in [3.8, 4) is 0 Å². The van der Waals surface area contributed by atoms with E-state index in [-0.39, 0.29) is 5.97 Å². The summed E-state index contributed by atoms with van der Waals surface area (Å²) in [5, 5.41) is 3.30. The summed E-state index contributed by atoms with van der Waals surface area (Å²) in [5.74, 6) is 0.708. The van der Waals surface area contributed by atoms with Crippen molar-refractivity contribution in [3.63, 3.8) is 0 Å². The van der Waals surface area contributed by atoms with Gasteiger partial charge in [0.1, 0.15) is 6.61 Å². The predicted molar refractivity (Wildman–Crippen MR) is 68.4 cm³/mol. The molecular formula is C13H22N2O2. The zero-order valence-electron chi connectivity index (χ0n) is 10.2. The molecule has 1 rings (SSSR count). The van der Waals surface area contributed by atoms with Crippen molar-refractivity contribution in [1.29, 1.82) is 0 Å². The Balaban J connectivity index is 2.11. The summed E-state index contributed by atoms with van der Waals surface area (Å²) in [7, 11) is 0. The second-order valence-corrected chi connectivity index (χ2v) is 4.24. The van der Waals surface area contributed by atoms with E-state index in [2.05, 4.69) is 24.0 Å². The van der Waals surface area contributed by atoms with Crippen LogP contribution in [-0.4, -0.2) is 32.2 Å². The van der Waals surface area contributed by atoms with E-state index in [0.717, 1.165) is 13.0 Å². The molecule has 4 heteroatoms. The van der Waals surface area contributed by atoms with E-state index in [4.69, 9.17) is 10.5 Å². The first-order chi connectivity index (χ1) is 8.27. The zero-order chi connectivity index (χ0) is 12.5. The molecule has 4 nitrogen and oxygen atoms in total. The summed E-state index contributed by atoms with van der Waals surface area (Å²) in [5.41, 5.74) is 5.72. The highest BCUT2D eigenvalue weighted by molar-refractivity contribution is 5.81. The van der Waals surface area contributed by atoms with Crippen LogP contribution in [0.25, 0.3) is 0 Å². The Morgan fingerprint density at radius 2 is 2.47 bits per heavy atom. The third kappa shape index (κ3) is 5.15. The average Bonchev–Trinajstić information content (AvgIpc) is 2.38. The van der Waals surface area contributed by atoms with Crippen molar-refractivity contribution in [2.24, 2.45) is 17.6 Å². The lowest BCUT2D eigenvalue weighted by molar-refractivity contribution is -0.137. The molecule has 2 atom stereocenters. The first-order valence-electron chi connectivity index (χ1n) is 6.14. The molecule has 0 bridgehead atoms. The summed E-state index contributed by atoms with van der Waals surface area (Å²) in [6.45, 7) is 6.04. The minimum atomic E-state index is -0.368. The summed E-state index contributed by atoms with van der Waals surface area (Å²) in [4.78, 5) is 10.8. The van der Waals surface area contributed by atoms with Gasteiger partial charge in [-0.3, -0.25) is 0 Å². The fourth-order valence-electron chi connectivity index (χ4n) is 2.05. The number of hydrogen-bond acceptors (Lipinski definition) is 4. The van der Waals surface area contributed by atoms with Crippen LogP contribution in [0.15, 0.2) is 24.8 Å². The van der Waals surface area contributed by atoms with Crippen LogP contribution >= 0.6 is 0 Å². The SMILES string of the molecule is C=CC(=O)OCCNCC1CCC=CC1CN. The normalized spacial score (nSPS) is 23.4. The molecule has 3 N–H and O–H groups in total. The maximum Gasteiger partial charge on any atom is 0.330 e. The lowest BCUT2D eigenvalue weighted by Gasteiger charge is -2.26. The molecular weight excluding hydrogens is 216 g/mol. The van der Waals surface area contributed by atoms with Gasteiger partial charge in [-0.1, -0.05) is 18.7 Å². The van der Waals surface area contributed by atoms with Crippen LogP contribution in [0.3, 0.4) is 0 Å². The summed E-state index contributed by atoms with van der Waals surface area (Å²) in [6.07, 6.45) is 7.91. The minimum Gasteiger partial charge on any atom is -0.461 e. The maximum atomic E-state index is 10.8. The Hall–Kier alpha value is -1.13. The van der Waals surface area contributed by atoms with Gasteiger partial charge in [-0.25, -0.2) is 4.79 Å². The molecule has 2 unspecified atom stereocenters. The van der Waals surface area contributed by atoms with Crippen molar-refractivity contribution >= 4 is 5.97 Å². The smallest absolute Gasteiger partial charge is 0.330 e. The number of carbonyl (C=O) groups excluding carboxylic acids is 1. The fourth-order valence-corrected chi connectivity index (χ4v) is 2.05. The van der Waals surface area contributed by atoms with Crippen molar-refractivity contribution in [2.75, 3.05) is 26.2 Å². The van der Waals surface area contributed by atoms with E-state index >= 15 is 0 Å². The molecule has 0 aliphatic heterocycles. The minimum absolute atomic E-state index is 0.368. The number of esters is 1. The standard InChI is InChI=1S/C13H22N2O2/c1-2-13(16)17-8-7-15-10-12-6-4-3-5-11(12)9-14/h2-3,5,11-12,15H,1,4,6-10,14H2. The molecule has 0 radical (unpaired) electrons. The van der Waals surface area contributed by atoms with Gasteiger partial charge >= 0.3 is 5.97 Å². The maximum absolute atomic E-state index is 10.8. The number of allylic oxidation sites excluding steroid dienone is 1. The van der Waals surface area contributed by atoms with Gasteiger partial charge in [-0.05, 0) is 37.8 Å². The number of nitrogens with two attached hydrogens (primary N) is 1. The van der Waals surface area contributed by atoms with Crippen LogP contribution in [0.5, 0.6) is 0 Å². The zero-order valence-corrected chi connectivity index (χ0v) is 10.2. The van der Waals surface area contributed by atoms with E-state index in [1.807, 2.05) is 0 Å².